The molecule has 122 valence electrons. The Morgan fingerprint density at radius 2 is 2.14 bits per heavy atom. The fourth-order valence-corrected chi connectivity index (χ4v) is 2.62. The molecule has 0 unspecified atom stereocenters. The summed E-state index contributed by atoms with van der Waals surface area (Å²) in [6.07, 6.45) is 3.53. The molecule has 0 spiro atoms. The standard InChI is InChI=1S/C14H24N6O2/c1-3-19-8-9-20(10-12(19)13-16-5-6-17-13)14(22)18-7-4-15-11(2)21/h5-6,12H,3-4,7-10H2,1-2H3,(H,15,21)(H,16,17)(H,18,22)/t12-/m0/s1. The minimum atomic E-state index is -0.0994. The van der Waals surface area contributed by atoms with Crippen LogP contribution in [-0.2, 0) is 4.79 Å². The number of piperazine rings is 1. The number of likely N-dealkylation sites (N-methyl/N-ethyl adjacent to an activating group) is 1. The fourth-order valence-electron chi connectivity index (χ4n) is 2.62. The highest BCUT2D eigenvalue weighted by Gasteiger charge is 2.30. The Morgan fingerprint density at radius 1 is 1.36 bits per heavy atom. The average molecular weight is 308 g/mol. The van der Waals surface area contributed by atoms with Crippen molar-refractivity contribution in [2.45, 2.75) is 19.9 Å². The van der Waals surface area contributed by atoms with E-state index in [0.717, 1.165) is 18.9 Å². The molecule has 0 saturated carbocycles. The van der Waals surface area contributed by atoms with Crippen molar-refractivity contribution >= 4 is 11.9 Å². The number of carbonyl (C=O) groups is 2. The van der Waals surface area contributed by atoms with E-state index in [1.54, 1.807) is 17.3 Å². The molecule has 3 amide bonds. The van der Waals surface area contributed by atoms with E-state index in [1.807, 2.05) is 0 Å². The smallest absolute Gasteiger partial charge is 0.317 e. The van der Waals surface area contributed by atoms with Crippen LogP contribution in [0, 0.1) is 0 Å². The Balaban J connectivity index is 1.87. The van der Waals surface area contributed by atoms with E-state index in [4.69, 9.17) is 0 Å². The van der Waals surface area contributed by atoms with E-state index >= 15 is 0 Å². The predicted octanol–water partition coefficient (Wildman–Crippen LogP) is -0.0660. The molecule has 2 heterocycles. The van der Waals surface area contributed by atoms with Crippen molar-refractivity contribution in [3.8, 4) is 0 Å². The van der Waals surface area contributed by atoms with Gasteiger partial charge in [-0.1, -0.05) is 6.92 Å². The normalized spacial score (nSPS) is 19.0. The van der Waals surface area contributed by atoms with Crippen LogP contribution in [0.1, 0.15) is 25.7 Å². The highest BCUT2D eigenvalue weighted by atomic mass is 16.2. The van der Waals surface area contributed by atoms with Crippen LogP contribution in [0.25, 0.3) is 0 Å². The Morgan fingerprint density at radius 3 is 2.77 bits per heavy atom. The number of H-pyrrole nitrogens is 1. The van der Waals surface area contributed by atoms with Gasteiger partial charge < -0.3 is 20.5 Å². The third kappa shape index (κ3) is 4.20. The third-order valence-electron chi connectivity index (χ3n) is 3.79. The molecule has 0 aromatic carbocycles. The summed E-state index contributed by atoms with van der Waals surface area (Å²) in [6.45, 7) is 7.48. The van der Waals surface area contributed by atoms with Gasteiger partial charge in [-0.15, -0.1) is 0 Å². The Hall–Kier alpha value is -2.09. The van der Waals surface area contributed by atoms with Gasteiger partial charge >= 0.3 is 6.03 Å². The molecular weight excluding hydrogens is 284 g/mol. The van der Waals surface area contributed by atoms with Gasteiger partial charge in [-0.05, 0) is 6.54 Å². The van der Waals surface area contributed by atoms with Gasteiger partial charge in [0, 0.05) is 52.0 Å². The molecule has 8 nitrogen and oxygen atoms in total. The van der Waals surface area contributed by atoms with Crippen LogP contribution in [0.15, 0.2) is 12.4 Å². The van der Waals surface area contributed by atoms with Gasteiger partial charge in [0.05, 0.1) is 6.04 Å². The van der Waals surface area contributed by atoms with E-state index in [9.17, 15) is 9.59 Å². The zero-order valence-corrected chi connectivity index (χ0v) is 13.1. The molecule has 22 heavy (non-hydrogen) atoms. The molecule has 1 aromatic rings. The minimum absolute atomic E-state index is 0.0924. The molecule has 2 rings (SSSR count). The second-order valence-electron chi connectivity index (χ2n) is 5.28. The quantitative estimate of drug-likeness (QED) is 0.664. The summed E-state index contributed by atoms with van der Waals surface area (Å²) >= 11 is 0. The van der Waals surface area contributed by atoms with Gasteiger partial charge in [-0.25, -0.2) is 9.78 Å². The largest absolute Gasteiger partial charge is 0.355 e. The van der Waals surface area contributed by atoms with E-state index < -0.39 is 0 Å². The monoisotopic (exact) mass is 308 g/mol. The maximum atomic E-state index is 12.2. The number of imidazole rings is 1. The highest BCUT2D eigenvalue weighted by molar-refractivity contribution is 5.75. The second-order valence-corrected chi connectivity index (χ2v) is 5.28. The summed E-state index contributed by atoms with van der Waals surface area (Å²) in [5.74, 6) is 0.793. The van der Waals surface area contributed by atoms with Gasteiger partial charge in [0.25, 0.3) is 0 Å². The second kappa shape index (κ2) is 7.79. The van der Waals surface area contributed by atoms with Gasteiger partial charge in [0.2, 0.25) is 5.91 Å². The van der Waals surface area contributed by atoms with E-state index in [-0.39, 0.29) is 18.0 Å². The average Bonchev–Trinajstić information content (AvgIpc) is 3.04. The van der Waals surface area contributed by atoms with Crippen molar-refractivity contribution in [1.29, 1.82) is 0 Å². The Bertz CT molecular complexity index is 490. The predicted molar refractivity (Wildman–Crippen MR) is 82.2 cm³/mol. The molecule has 0 bridgehead atoms. The van der Waals surface area contributed by atoms with Crippen LogP contribution in [0.4, 0.5) is 4.79 Å². The molecule has 0 aliphatic carbocycles. The number of hydrogen-bond acceptors (Lipinski definition) is 4. The summed E-state index contributed by atoms with van der Waals surface area (Å²) in [6, 6.07) is -0.00694. The lowest BCUT2D eigenvalue weighted by molar-refractivity contribution is -0.118. The number of nitrogens with one attached hydrogen (secondary N) is 3. The van der Waals surface area contributed by atoms with Crippen molar-refractivity contribution < 1.29 is 9.59 Å². The molecule has 1 aliphatic rings. The zero-order valence-electron chi connectivity index (χ0n) is 13.1. The van der Waals surface area contributed by atoms with Crippen molar-refractivity contribution in [2.75, 3.05) is 39.3 Å². The van der Waals surface area contributed by atoms with Gasteiger partial charge in [-0.2, -0.15) is 0 Å². The first kappa shape index (κ1) is 16.3. The lowest BCUT2D eigenvalue weighted by atomic mass is 10.1. The lowest BCUT2D eigenvalue weighted by Gasteiger charge is -2.39. The minimum Gasteiger partial charge on any atom is -0.355 e. The lowest BCUT2D eigenvalue weighted by Crippen LogP contribution is -2.53. The molecule has 1 atom stereocenters. The van der Waals surface area contributed by atoms with Crippen molar-refractivity contribution in [3.05, 3.63) is 18.2 Å². The number of rotatable bonds is 5. The number of nitrogens with zero attached hydrogens (tertiary/aromatic N) is 3. The summed E-state index contributed by atoms with van der Waals surface area (Å²) in [7, 11) is 0. The van der Waals surface area contributed by atoms with Crippen LogP contribution in [0.3, 0.4) is 0 Å². The third-order valence-corrected chi connectivity index (χ3v) is 3.79. The molecule has 0 radical (unpaired) electrons. The van der Waals surface area contributed by atoms with Crippen LogP contribution in [0.5, 0.6) is 0 Å². The van der Waals surface area contributed by atoms with Crippen molar-refractivity contribution in [1.82, 2.24) is 30.4 Å². The maximum absolute atomic E-state index is 12.2. The molecule has 1 aliphatic heterocycles. The number of hydrogen-bond donors (Lipinski definition) is 3. The molecule has 3 N–H and O–H groups in total. The summed E-state index contributed by atoms with van der Waals surface area (Å²) < 4.78 is 0. The molecule has 1 fully saturated rings. The van der Waals surface area contributed by atoms with Crippen LogP contribution >= 0.6 is 0 Å². The maximum Gasteiger partial charge on any atom is 0.317 e. The van der Waals surface area contributed by atoms with Crippen LogP contribution in [0.2, 0.25) is 0 Å². The van der Waals surface area contributed by atoms with E-state index in [2.05, 4.69) is 32.4 Å². The van der Waals surface area contributed by atoms with E-state index in [0.29, 0.717) is 26.2 Å². The Kier molecular flexibility index (Phi) is 5.76. The van der Waals surface area contributed by atoms with Gasteiger partial charge in [-0.3, -0.25) is 9.69 Å². The summed E-state index contributed by atoms with van der Waals surface area (Å²) in [4.78, 5) is 34.6. The summed E-state index contributed by atoms with van der Waals surface area (Å²) in [5.41, 5.74) is 0. The Labute approximate surface area is 130 Å². The molecular formula is C14H24N6O2. The van der Waals surface area contributed by atoms with E-state index in [1.165, 1.54) is 6.92 Å². The molecule has 8 heteroatoms. The number of aromatic nitrogens is 2. The van der Waals surface area contributed by atoms with Gasteiger partial charge in [0.15, 0.2) is 0 Å². The number of aromatic amines is 1. The first-order valence-electron chi connectivity index (χ1n) is 7.62. The van der Waals surface area contributed by atoms with Crippen LogP contribution in [-0.4, -0.2) is 71.0 Å². The van der Waals surface area contributed by atoms with Crippen molar-refractivity contribution in [3.63, 3.8) is 0 Å². The molecule has 1 saturated heterocycles. The SMILES string of the molecule is CCN1CCN(C(=O)NCCNC(C)=O)C[C@H]1c1ncc[nH]1. The van der Waals surface area contributed by atoms with Gasteiger partial charge in [0.1, 0.15) is 5.82 Å². The highest BCUT2D eigenvalue weighted by Crippen LogP contribution is 2.22. The molecule has 1 aromatic heterocycles. The number of amides is 3. The van der Waals surface area contributed by atoms with Crippen molar-refractivity contribution in [2.24, 2.45) is 0 Å². The first-order valence-corrected chi connectivity index (χ1v) is 7.62. The number of carbonyl (C=O) groups excluding carboxylic acids is 2. The first-order chi connectivity index (χ1) is 10.6. The zero-order chi connectivity index (χ0) is 15.9. The fraction of sp³-hybridized carbons (Fsp3) is 0.643. The number of urea groups is 1. The topological polar surface area (TPSA) is 93.4 Å². The summed E-state index contributed by atoms with van der Waals surface area (Å²) in [5, 5.41) is 5.49. The van der Waals surface area contributed by atoms with Crippen LogP contribution < -0.4 is 10.6 Å².